The third kappa shape index (κ3) is 5.79. The van der Waals surface area contributed by atoms with Crippen molar-refractivity contribution >= 4 is 50.9 Å². The summed E-state index contributed by atoms with van der Waals surface area (Å²) in [6.45, 7) is 0. The van der Waals surface area contributed by atoms with Gasteiger partial charge in [0.15, 0.2) is 0 Å². The van der Waals surface area contributed by atoms with Gasteiger partial charge in [-0.25, -0.2) is 0 Å². The maximum absolute atomic E-state index is 12.4. The van der Waals surface area contributed by atoms with Crippen molar-refractivity contribution in [1.82, 2.24) is 0 Å². The van der Waals surface area contributed by atoms with E-state index in [1.807, 2.05) is 36.4 Å². The van der Waals surface area contributed by atoms with Gasteiger partial charge in [-0.2, -0.15) is 5.26 Å². The predicted molar refractivity (Wildman–Crippen MR) is 124 cm³/mol. The molecule has 0 heterocycles. The highest BCUT2D eigenvalue weighted by molar-refractivity contribution is 9.10. The first-order valence-electron chi connectivity index (χ1n) is 9.07. The Kier molecular flexibility index (Phi) is 7.19. The average molecular weight is 497 g/mol. The van der Waals surface area contributed by atoms with E-state index >= 15 is 0 Å². The molecule has 3 rings (SSSR count). The third-order valence-corrected chi connectivity index (χ3v) is 5.53. The number of halogens is 2. The summed E-state index contributed by atoms with van der Waals surface area (Å²) in [4.78, 5) is 22.8. The first kappa shape index (κ1) is 22.2. The molecular weight excluding hydrogens is 482 g/mol. The lowest BCUT2D eigenvalue weighted by Crippen LogP contribution is -2.13. The van der Waals surface area contributed by atoms with Gasteiger partial charge in [-0.1, -0.05) is 63.9 Å². The molecule has 0 aliphatic carbocycles. The fraction of sp³-hybridized carbons (Fsp3) is 0.0435. The van der Waals surface area contributed by atoms with E-state index in [4.69, 9.17) is 11.6 Å². The van der Waals surface area contributed by atoms with E-state index in [0.717, 1.165) is 15.6 Å². The van der Waals surface area contributed by atoms with E-state index in [9.17, 15) is 20.2 Å². The van der Waals surface area contributed by atoms with E-state index < -0.39 is 10.8 Å². The molecule has 1 N–H and O–H groups in total. The zero-order valence-electron chi connectivity index (χ0n) is 16.0. The molecule has 0 aromatic heterocycles. The largest absolute Gasteiger partial charge is 0.321 e. The van der Waals surface area contributed by atoms with E-state index in [-0.39, 0.29) is 16.9 Å². The van der Waals surface area contributed by atoms with Crippen LogP contribution in [-0.2, 0) is 11.2 Å². The Labute approximate surface area is 192 Å². The van der Waals surface area contributed by atoms with Crippen LogP contribution in [0, 0.1) is 21.4 Å². The first-order chi connectivity index (χ1) is 14.9. The van der Waals surface area contributed by atoms with Crippen LogP contribution in [0.1, 0.15) is 16.7 Å². The number of nitro groups is 1. The Hall–Kier alpha value is -3.47. The summed E-state index contributed by atoms with van der Waals surface area (Å²) in [5.41, 5.74) is 2.50. The Bertz CT molecular complexity index is 1230. The van der Waals surface area contributed by atoms with Gasteiger partial charge >= 0.3 is 0 Å². The van der Waals surface area contributed by atoms with Crippen LogP contribution in [-0.4, -0.2) is 10.8 Å². The Morgan fingerprint density at radius 1 is 1.13 bits per heavy atom. The minimum atomic E-state index is -0.670. The number of anilines is 1. The zero-order chi connectivity index (χ0) is 22.4. The van der Waals surface area contributed by atoms with Crippen molar-refractivity contribution in [3.8, 4) is 6.07 Å². The number of hydrogen-bond donors (Lipinski definition) is 1. The van der Waals surface area contributed by atoms with Crippen LogP contribution < -0.4 is 5.32 Å². The third-order valence-electron chi connectivity index (χ3n) is 4.41. The smallest absolute Gasteiger partial charge is 0.271 e. The normalized spacial score (nSPS) is 10.9. The molecule has 154 valence electrons. The number of hydrogen-bond acceptors (Lipinski definition) is 4. The Morgan fingerprint density at radius 2 is 1.90 bits per heavy atom. The van der Waals surface area contributed by atoms with Crippen LogP contribution in [0.3, 0.4) is 0 Å². The van der Waals surface area contributed by atoms with Gasteiger partial charge in [-0.15, -0.1) is 0 Å². The molecule has 0 aliphatic heterocycles. The van der Waals surface area contributed by atoms with Crippen molar-refractivity contribution < 1.29 is 9.72 Å². The molecule has 0 unspecified atom stereocenters. The number of non-ortho nitro benzene ring substituents is 1. The van der Waals surface area contributed by atoms with Gasteiger partial charge in [0.25, 0.3) is 11.6 Å². The molecule has 0 saturated carbocycles. The maximum Gasteiger partial charge on any atom is 0.271 e. The molecule has 0 radical (unpaired) electrons. The van der Waals surface area contributed by atoms with Crippen LogP contribution >= 0.6 is 27.5 Å². The number of nitrogens with zero attached hydrogens (tertiary/aromatic N) is 2. The van der Waals surface area contributed by atoms with Crippen molar-refractivity contribution in [3.63, 3.8) is 0 Å². The van der Waals surface area contributed by atoms with Crippen molar-refractivity contribution in [3.05, 3.63) is 109 Å². The Morgan fingerprint density at radius 3 is 2.58 bits per heavy atom. The van der Waals surface area contributed by atoms with Crippen LogP contribution in [0.4, 0.5) is 11.4 Å². The van der Waals surface area contributed by atoms with Gasteiger partial charge < -0.3 is 5.32 Å². The van der Waals surface area contributed by atoms with Gasteiger partial charge in [-0.05, 0) is 41.0 Å². The number of nitro benzene ring substituents is 1. The molecule has 8 heteroatoms. The number of benzene rings is 3. The molecule has 1 amide bonds. The fourth-order valence-electron chi connectivity index (χ4n) is 2.85. The summed E-state index contributed by atoms with van der Waals surface area (Å²) in [7, 11) is 0. The van der Waals surface area contributed by atoms with E-state index in [1.165, 1.54) is 30.3 Å². The van der Waals surface area contributed by atoms with Gasteiger partial charge in [0.05, 0.1) is 4.92 Å². The van der Waals surface area contributed by atoms with Gasteiger partial charge in [0, 0.05) is 33.7 Å². The highest BCUT2D eigenvalue weighted by Crippen LogP contribution is 2.26. The zero-order valence-corrected chi connectivity index (χ0v) is 18.4. The lowest BCUT2D eigenvalue weighted by Gasteiger charge is -2.08. The molecule has 0 fully saturated rings. The number of carbonyl (C=O) groups excluding carboxylic acids is 1. The molecule has 3 aromatic carbocycles. The molecular formula is C23H15BrClN3O3. The number of rotatable bonds is 6. The quantitative estimate of drug-likeness (QED) is 0.192. The van der Waals surface area contributed by atoms with Gasteiger partial charge in [0.1, 0.15) is 11.6 Å². The van der Waals surface area contributed by atoms with Gasteiger partial charge in [-0.3, -0.25) is 14.9 Å². The lowest BCUT2D eigenvalue weighted by molar-refractivity contribution is -0.384. The standard InChI is InChI=1S/C23H15BrClN3O3/c24-21-7-2-1-4-16(21)12-17-9-8-15(11-22(17)25)10-18(14-26)23(29)27-19-5-3-6-20(13-19)28(30)31/h1-11,13H,12H2,(H,27,29)/b18-10+. The van der Waals surface area contributed by atoms with E-state index in [1.54, 1.807) is 12.1 Å². The molecule has 0 saturated heterocycles. The maximum atomic E-state index is 12.4. The van der Waals surface area contributed by atoms with Crippen LogP contribution in [0.2, 0.25) is 5.02 Å². The van der Waals surface area contributed by atoms with E-state index in [0.29, 0.717) is 17.0 Å². The second kappa shape index (κ2) is 10.0. The monoisotopic (exact) mass is 495 g/mol. The summed E-state index contributed by atoms with van der Waals surface area (Å²) < 4.78 is 0.986. The summed E-state index contributed by atoms with van der Waals surface area (Å²) in [5, 5.41) is 23.3. The fourth-order valence-corrected chi connectivity index (χ4v) is 3.54. The molecule has 3 aromatic rings. The molecule has 0 aliphatic rings. The van der Waals surface area contributed by atoms with Crippen molar-refractivity contribution in [2.45, 2.75) is 6.42 Å². The summed E-state index contributed by atoms with van der Waals surface area (Å²) >= 11 is 9.94. The van der Waals surface area contributed by atoms with Gasteiger partial charge in [0.2, 0.25) is 0 Å². The highest BCUT2D eigenvalue weighted by Gasteiger charge is 2.13. The van der Waals surface area contributed by atoms with Crippen LogP contribution in [0.5, 0.6) is 0 Å². The molecule has 0 spiro atoms. The van der Waals surface area contributed by atoms with Crippen LogP contribution in [0.15, 0.2) is 76.8 Å². The summed E-state index contributed by atoms with van der Waals surface area (Å²) in [5.74, 6) is -0.670. The second-order valence-electron chi connectivity index (χ2n) is 6.55. The Balaban J connectivity index is 1.79. The summed E-state index contributed by atoms with van der Waals surface area (Å²) in [6, 6.07) is 20.5. The first-order valence-corrected chi connectivity index (χ1v) is 10.2. The minimum Gasteiger partial charge on any atom is -0.321 e. The number of nitrogens with one attached hydrogen (secondary N) is 1. The molecule has 0 atom stereocenters. The molecule has 31 heavy (non-hydrogen) atoms. The van der Waals surface area contributed by atoms with Crippen LogP contribution in [0.25, 0.3) is 6.08 Å². The highest BCUT2D eigenvalue weighted by atomic mass is 79.9. The molecule has 0 bridgehead atoms. The number of amides is 1. The number of nitriles is 1. The SMILES string of the molecule is N#C/C(=C\c1ccc(Cc2ccccc2Br)c(Cl)c1)C(=O)Nc1cccc([N+](=O)[O-])c1. The second-order valence-corrected chi connectivity index (χ2v) is 7.81. The topological polar surface area (TPSA) is 96.0 Å². The van der Waals surface area contributed by atoms with Crippen molar-refractivity contribution in [2.24, 2.45) is 0 Å². The predicted octanol–water partition coefficient (Wildman–Crippen LogP) is 6.15. The van der Waals surface area contributed by atoms with Crippen molar-refractivity contribution in [1.29, 1.82) is 5.26 Å². The average Bonchev–Trinajstić information content (AvgIpc) is 2.75. The van der Waals surface area contributed by atoms with E-state index in [2.05, 4.69) is 21.2 Å². The minimum absolute atomic E-state index is 0.152. The lowest BCUT2D eigenvalue weighted by atomic mass is 10.0. The summed E-state index contributed by atoms with van der Waals surface area (Å²) in [6.07, 6.45) is 2.05. The number of carbonyl (C=O) groups is 1. The van der Waals surface area contributed by atoms with Crippen molar-refractivity contribution in [2.75, 3.05) is 5.32 Å². The molecule has 6 nitrogen and oxygen atoms in total.